The van der Waals surface area contributed by atoms with Gasteiger partial charge in [0.1, 0.15) is 0 Å². The van der Waals surface area contributed by atoms with Crippen LogP contribution in [-0.2, 0) is 10.0 Å². The van der Waals surface area contributed by atoms with E-state index in [9.17, 15) is 18.5 Å². The van der Waals surface area contributed by atoms with E-state index < -0.39 is 14.9 Å². The number of non-ortho nitro benzene ring substituents is 1. The first kappa shape index (κ1) is 15.3. The molecule has 0 aliphatic carbocycles. The van der Waals surface area contributed by atoms with Gasteiger partial charge in [-0.15, -0.1) is 0 Å². The maximum Gasteiger partial charge on any atom is 0.269 e. The summed E-state index contributed by atoms with van der Waals surface area (Å²) in [6.45, 7) is 1.59. The second-order valence-electron chi connectivity index (χ2n) is 4.32. The average Bonchev–Trinajstić information content (AvgIpc) is 2.41. The number of aryl methyl sites for hydroxylation is 1. The van der Waals surface area contributed by atoms with Crippen molar-refractivity contribution in [2.75, 3.05) is 4.72 Å². The van der Waals surface area contributed by atoms with Gasteiger partial charge in [-0.05, 0) is 42.8 Å². The molecule has 0 aliphatic rings. The Morgan fingerprint density at radius 3 is 2.29 bits per heavy atom. The Morgan fingerprint density at radius 1 is 1.14 bits per heavy atom. The van der Waals surface area contributed by atoms with Crippen LogP contribution in [0.3, 0.4) is 0 Å². The summed E-state index contributed by atoms with van der Waals surface area (Å²) < 4.78 is 26.8. The van der Waals surface area contributed by atoms with Gasteiger partial charge >= 0.3 is 0 Å². The van der Waals surface area contributed by atoms with E-state index in [1.807, 2.05) is 0 Å². The number of rotatable bonds is 4. The van der Waals surface area contributed by atoms with Crippen LogP contribution in [-0.4, -0.2) is 13.3 Å². The molecule has 0 spiro atoms. The molecule has 0 fully saturated rings. The molecule has 0 unspecified atom stereocenters. The number of halogens is 1. The van der Waals surface area contributed by atoms with Crippen molar-refractivity contribution in [1.29, 1.82) is 0 Å². The number of hydrogen-bond donors (Lipinski definition) is 1. The van der Waals surface area contributed by atoms with E-state index in [1.54, 1.807) is 6.92 Å². The van der Waals surface area contributed by atoms with E-state index in [4.69, 9.17) is 11.6 Å². The Hall–Kier alpha value is -2.12. The second kappa shape index (κ2) is 5.71. The van der Waals surface area contributed by atoms with E-state index in [0.717, 1.165) is 0 Å². The van der Waals surface area contributed by atoms with Crippen LogP contribution in [0, 0.1) is 17.0 Å². The maximum absolute atomic E-state index is 12.2. The molecular weight excluding hydrogens is 316 g/mol. The number of anilines is 1. The van der Waals surface area contributed by atoms with Crippen LogP contribution < -0.4 is 4.72 Å². The van der Waals surface area contributed by atoms with E-state index in [-0.39, 0.29) is 16.3 Å². The summed E-state index contributed by atoms with van der Waals surface area (Å²) >= 11 is 5.72. The molecule has 0 saturated carbocycles. The van der Waals surface area contributed by atoms with Gasteiger partial charge in [0.25, 0.3) is 15.7 Å². The third-order valence-electron chi connectivity index (χ3n) is 2.79. The highest BCUT2D eigenvalue weighted by Crippen LogP contribution is 2.24. The van der Waals surface area contributed by atoms with E-state index in [0.29, 0.717) is 10.6 Å². The van der Waals surface area contributed by atoms with Crippen LogP contribution in [0.2, 0.25) is 5.02 Å². The molecule has 21 heavy (non-hydrogen) atoms. The molecule has 0 heterocycles. The third kappa shape index (κ3) is 3.50. The quantitative estimate of drug-likeness (QED) is 0.689. The van der Waals surface area contributed by atoms with Crippen LogP contribution in [0.15, 0.2) is 47.4 Å². The average molecular weight is 327 g/mol. The third-order valence-corrected chi connectivity index (χ3v) is 4.42. The number of nitro groups is 1. The molecule has 0 amide bonds. The Labute approximate surface area is 126 Å². The topological polar surface area (TPSA) is 89.3 Å². The summed E-state index contributed by atoms with van der Waals surface area (Å²) in [5, 5.41) is 11.1. The zero-order valence-electron chi connectivity index (χ0n) is 10.9. The molecular formula is C13H11ClN2O4S. The Balaban J connectivity index is 2.32. The number of benzene rings is 2. The van der Waals surface area contributed by atoms with Gasteiger partial charge in [0.2, 0.25) is 0 Å². The van der Waals surface area contributed by atoms with Crippen molar-refractivity contribution in [3.8, 4) is 0 Å². The highest BCUT2D eigenvalue weighted by atomic mass is 35.5. The molecule has 2 aromatic carbocycles. The highest BCUT2D eigenvalue weighted by molar-refractivity contribution is 7.92. The summed E-state index contributed by atoms with van der Waals surface area (Å²) in [4.78, 5) is 10.2. The molecule has 110 valence electrons. The molecule has 6 nitrogen and oxygen atoms in total. The summed E-state index contributed by atoms with van der Waals surface area (Å²) in [5.41, 5.74) is 0.652. The number of nitrogens with one attached hydrogen (secondary N) is 1. The van der Waals surface area contributed by atoms with Crippen molar-refractivity contribution in [2.24, 2.45) is 0 Å². The zero-order valence-corrected chi connectivity index (χ0v) is 12.5. The fourth-order valence-electron chi connectivity index (χ4n) is 1.69. The lowest BCUT2D eigenvalue weighted by Gasteiger charge is -2.10. The SMILES string of the molecule is Cc1cc([N+](=O)[O-])ccc1NS(=O)(=O)c1ccc(Cl)cc1. The molecule has 0 atom stereocenters. The molecule has 8 heteroatoms. The van der Waals surface area contributed by atoms with Gasteiger partial charge in [0, 0.05) is 17.2 Å². The Kier molecular flexibility index (Phi) is 4.15. The van der Waals surface area contributed by atoms with Gasteiger partial charge < -0.3 is 0 Å². The lowest BCUT2D eigenvalue weighted by atomic mass is 10.2. The smallest absolute Gasteiger partial charge is 0.269 e. The normalized spacial score (nSPS) is 11.1. The van der Waals surface area contributed by atoms with Crippen molar-refractivity contribution in [2.45, 2.75) is 11.8 Å². The molecule has 0 aromatic heterocycles. The van der Waals surface area contributed by atoms with Crippen molar-refractivity contribution in [3.05, 3.63) is 63.2 Å². The number of nitrogens with zero attached hydrogens (tertiary/aromatic N) is 1. The first-order chi connectivity index (χ1) is 9.79. The van der Waals surface area contributed by atoms with Crippen molar-refractivity contribution < 1.29 is 13.3 Å². The van der Waals surface area contributed by atoms with Gasteiger partial charge in [-0.25, -0.2) is 8.42 Å². The largest absolute Gasteiger partial charge is 0.279 e. The van der Waals surface area contributed by atoms with Gasteiger partial charge in [-0.2, -0.15) is 0 Å². The first-order valence-electron chi connectivity index (χ1n) is 5.83. The Morgan fingerprint density at radius 2 is 1.76 bits per heavy atom. The number of nitro benzene ring substituents is 1. The summed E-state index contributed by atoms with van der Waals surface area (Å²) in [6, 6.07) is 9.61. The molecule has 0 saturated heterocycles. The summed E-state index contributed by atoms with van der Waals surface area (Å²) in [7, 11) is -3.76. The molecule has 0 aliphatic heterocycles. The van der Waals surface area contributed by atoms with E-state index >= 15 is 0 Å². The van der Waals surface area contributed by atoms with Gasteiger partial charge in [-0.1, -0.05) is 11.6 Å². The molecule has 2 rings (SSSR count). The number of sulfonamides is 1. The second-order valence-corrected chi connectivity index (χ2v) is 6.43. The number of hydrogen-bond acceptors (Lipinski definition) is 4. The van der Waals surface area contributed by atoms with Crippen molar-refractivity contribution >= 4 is 33.0 Å². The molecule has 0 bridgehead atoms. The van der Waals surface area contributed by atoms with E-state index in [2.05, 4.69) is 4.72 Å². The summed E-state index contributed by atoms with van der Waals surface area (Å²) in [6.07, 6.45) is 0. The lowest BCUT2D eigenvalue weighted by molar-refractivity contribution is -0.384. The predicted octanol–water partition coefficient (Wildman–Crippen LogP) is 3.36. The predicted molar refractivity (Wildman–Crippen MR) is 80.1 cm³/mol. The minimum atomic E-state index is -3.76. The van der Waals surface area contributed by atoms with Gasteiger partial charge in [0.15, 0.2) is 0 Å². The van der Waals surface area contributed by atoms with Crippen LogP contribution in [0.4, 0.5) is 11.4 Å². The molecule has 1 N–H and O–H groups in total. The first-order valence-corrected chi connectivity index (χ1v) is 7.69. The molecule has 2 aromatic rings. The van der Waals surface area contributed by atoms with Crippen LogP contribution in [0.1, 0.15) is 5.56 Å². The minimum absolute atomic E-state index is 0.0599. The Bertz CT molecular complexity index is 788. The standard InChI is InChI=1S/C13H11ClN2O4S/c1-9-8-11(16(17)18)4-7-13(9)15-21(19,20)12-5-2-10(14)3-6-12/h2-8,15H,1H3. The van der Waals surface area contributed by atoms with Crippen LogP contribution in [0.25, 0.3) is 0 Å². The van der Waals surface area contributed by atoms with Crippen LogP contribution in [0.5, 0.6) is 0 Å². The highest BCUT2D eigenvalue weighted by Gasteiger charge is 2.16. The zero-order chi connectivity index (χ0) is 15.6. The van der Waals surface area contributed by atoms with Crippen LogP contribution >= 0.6 is 11.6 Å². The van der Waals surface area contributed by atoms with Gasteiger partial charge in [-0.3, -0.25) is 14.8 Å². The fraction of sp³-hybridized carbons (Fsp3) is 0.0769. The lowest BCUT2D eigenvalue weighted by Crippen LogP contribution is -2.13. The maximum atomic E-state index is 12.2. The molecule has 0 radical (unpaired) electrons. The minimum Gasteiger partial charge on any atom is -0.279 e. The van der Waals surface area contributed by atoms with Crippen molar-refractivity contribution in [1.82, 2.24) is 0 Å². The fourth-order valence-corrected chi connectivity index (χ4v) is 2.95. The van der Waals surface area contributed by atoms with E-state index in [1.165, 1.54) is 42.5 Å². The monoisotopic (exact) mass is 326 g/mol. The van der Waals surface area contributed by atoms with Gasteiger partial charge in [0.05, 0.1) is 15.5 Å². The van der Waals surface area contributed by atoms with Crippen molar-refractivity contribution in [3.63, 3.8) is 0 Å². The summed E-state index contributed by atoms with van der Waals surface area (Å²) in [5.74, 6) is 0.